The minimum absolute atomic E-state index is 0.306. The Bertz CT molecular complexity index is 66.8. The van der Waals surface area contributed by atoms with E-state index in [1.165, 1.54) is 10.6 Å². The first kappa shape index (κ1) is 8.80. The lowest BCUT2D eigenvalue weighted by Gasteiger charge is -2.23. The Morgan fingerprint density at radius 2 is 2.00 bits per heavy atom. The molecule has 0 saturated heterocycles. The van der Waals surface area contributed by atoms with Gasteiger partial charge in [-0.05, 0) is 13.8 Å². The molecule has 0 aromatic carbocycles. The first-order valence-electron chi connectivity index (χ1n) is 2.95. The fourth-order valence-electron chi connectivity index (χ4n) is 0.588. The second kappa shape index (κ2) is 4.66. The lowest BCUT2D eigenvalue weighted by molar-refractivity contribution is -1.21. The van der Waals surface area contributed by atoms with Crippen LogP contribution in [0.3, 0.4) is 0 Å². The highest BCUT2D eigenvalue weighted by atomic mass is 16.7. The molecule has 0 fully saturated rings. The summed E-state index contributed by atoms with van der Waals surface area (Å²) in [7, 11) is 0. The van der Waals surface area contributed by atoms with Crippen molar-refractivity contribution in [1.29, 1.82) is 0 Å². The average molecular weight is 135 g/mol. The van der Waals surface area contributed by atoms with Crippen molar-refractivity contribution >= 4 is 0 Å². The third-order valence-electron chi connectivity index (χ3n) is 1.15. The van der Waals surface area contributed by atoms with Crippen molar-refractivity contribution in [2.24, 2.45) is 0 Å². The van der Waals surface area contributed by atoms with Crippen LogP contribution in [0.15, 0.2) is 0 Å². The van der Waals surface area contributed by atoms with Crippen LogP contribution in [-0.2, 0) is 0 Å². The third-order valence-corrected chi connectivity index (χ3v) is 1.15. The summed E-state index contributed by atoms with van der Waals surface area (Å²) in [4.78, 5) is 0. The molecular weight excluding hydrogens is 122 g/mol. The zero-order valence-electron chi connectivity index (χ0n) is 5.72. The smallest absolute Gasteiger partial charge is 0.0501 e. The van der Waals surface area contributed by atoms with Crippen LogP contribution in [0.2, 0.25) is 0 Å². The first-order chi connectivity index (χ1) is 4.26. The van der Waals surface area contributed by atoms with Crippen molar-refractivity contribution in [3.63, 3.8) is 0 Å². The van der Waals surface area contributed by atoms with Gasteiger partial charge in [-0.1, -0.05) is 5.28 Å². The molecule has 5 nitrogen and oxygen atoms in total. The van der Waals surface area contributed by atoms with E-state index in [9.17, 15) is 5.21 Å². The predicted octanol–water partition coefficient (Wildman–Crippen LogP) is -1.48. The molecule has 0 aliphatic heterocycles. The molecular formula is C4H13N3O2. The first-order valence-corrected chi connectivity index (χ1v) is 2.95. The summed E-state index contributed by atoms with van der Waals surface area (Å²) >= 11 is 0. The van der Waals surface area contributed by atoms with Gasteiger partial charge in [-0.2, -0.15) is 10.8 Å². The van der Waals surface area contributed by atoms with Crippen LogP contribution in [0.4, 0.5) is 0 Å². The Morgan fingerprint density at radius 1 is 1.56 bits per heavy atom. The lowest BCUT2D eigenvalue weighted by atomic mass is 10.6. The van der Waals surface area contributed by atoms with Gasteiger partial charge in [-0.15, -0.1) is 5.01 Å². The highest BCUT2D eigenvalue weighted by Crippen LogP contribution is 1.69. The van der Waals surface area contributed by atoms with Gasteiger partial charge in [0.05, 0.1) is 13.1 Å². The second-order valence-corrected chi connectivity index (χ2v) is 1.60. The number of quaternary nitrogens is 1. The Morgan fingerprint density at radius 3 is 2.11 bits per heavy atom. The standard InChI is InChI=1S/C4H12N3O2/c1-3-6(4-2)7(9)5-8/h5,9H,3-4H2,1-2H3/q-1/p+1. The normalized spacial score (nSPS) is 14.3. The summed E-state index contributed by atoms with van der Waals surface area (Å²) in [5, 5.41) is 19.8. The van der Waals surface area contributed by atoms with Crippen LogP contribution in [0, 0.1) is 5.21 Å². The molecule has 0 spiro atoms. The van der Waals surface area contributed by atoms with Gasteiger partial charge in [0, 0.05) is 0 Å². The van der Waals surface area contributed by atoms with E-state index >= 15 is 0 Å². The minimum atomic E-state index is -0.306. The van der Waals surface area contributed by atoms with Gasteiger partial charge in [0.1, 0.15) is 0 Å². The predicted molar refractivity (Wildman–Crippen MR) is 32.2 cm³/mol. The number of rotatable bonds is 4. The molecule has 1 atom stereocenters. The van der Waals surface area contributed by atoms with E-state index in [0.717, 1.165) is 0 Å². The number of hydrogen-bond acceptors (Lipinski definition) is 4. The molecule has 9 heavy (non-hydrogen) atoms. The van der Waals surface area contributed by atoms with Crippen LogP contribution in [0.25, 0.3) is 0 Å². The number of nitrogens with one attached hydrogen (secondary N) is 2. The maximum atomic E-state index is 9.81. The van der Waals surface area contributed by atoms with E-state index in [2.05, 4.69) is 0 Å². The summed E-state index contributed by atoms with van der Waals surface area (Å²) in [5.41, 5.74) is 1.42. The van der Waals surface area contributed by atoms with Crippen molar-refractivity contribution in [3.8, 4) is 0 Å². The van der Waals surface area contributed by atoms with Crippen molar-refractivity contribution < 1.29 is 10.5 Å². The van der Waals surface area contributed by atoms with Crippen LogP contribution < -0.4 is 10.9 Å². The molecule has 0 aliphatic rings. The maximum absolute atomic E-state index is 9.81. The van der Waals surface area contributed by atoms with Gasteiger partial charge in [-0.3, -0.25) is 0 Å². The highest BCUT2D eigenvalue weighted by molar-refractivity contribution is 4.28. The molecule has 0 aliphatic carbocycles. The molecule has 0 saturated carbocycles. The highest BCUT2D eigenvalue weighted by Gasteiger charge is 2.07. The molecule has 0 amide bonds. The Hall–Kier alpha value is -0.200. The van der Waals surface area contributed by atoms with E-state index in [0.29, 0.717) is 13.1 Å². The quantitative estimate of drug-likeness (QED) is 0.411. The van der Waals surface area contributed by atoms with Gasteiger partial charge >= 0.3 is 0 Å². The van der Waals surface area contributed by atoms with E-state index in [-0.39, 0.29) is 5.28 Å². The molecule has 0 bridgehead atoms. The van der Waals surface area contributed by atoms with Gasteiger partial charge in [-0.25, -0.2) is 0 Å². The topological polar surface area (TPSA) is 63.0 Å². The zero-order chi connectivity index (χ0) is 7.28. The molecule has 0 aromatic heterocycles. The monoisotopic (exact) mass is 135 g/mol. The van der Waals surface area contributed by atoms with E-state index in [4.69, 9.17) is 5.21 Å². The summed E-state index contributed by atoms with van der Waals surface area (Å²) in [5.74, 6) is 0. The second-order valence-electron chi connectivity index (χ2n) is 1.60. The zero-order valence-corrected chi connectivity index (χ0v) is 5.72. The average Bonchev–Trinajstić information content (AvgIpc) is 1.90. The van der Waals surface area contributed by atoms with Crippen LogP contribution in [0.1, 0.15) is 13.8 Å². The van der Waals surface area contributed by atoms with Gasteiger partial charge < -0.3 is 5.21 Å². The summed E-state index contributed by atoms with van der Waals surface area (Å²) < 4.78 is 0. The molecule has 0 heterocycles. The molecule has 0 rings (SSSR count). The van der Waals surface area contributed by atoms with E-state index in [1.54, 1.807) is 0 Å². The SMILES string of the molecule is CCN(CC)[NH+](O)N[O-]. The lowest BCUT2D eigenvalue weighted by Crippen LogP contribution is -3.21. The van der Waals surface area contributed by atoms with Crippen molar-refractivity contribution in [2.75, 3.05) is 13.1 Å². The van der Waals surface area contributed by atoms with E-state index in [1.807, 2.05) is 13.8 Å². The number of hydrogen-bond donors (Lipinski definition) is 3. The third kappa shape index (κ3) is 2.73. The fraction of sp³-hybridized carbons (Fsp3) is 1.00. The van der Waals surface area contributed by atoms with Crippen LogP contribution in [0.5, 0.6) is 0 Å². The molecule has 5 heteroatoms. The van der Waals surface area contributed by atoms with Crippen molar-refractivity contribution in [3.05, 3.63) is 5.21 Å². The fourth-order valence-corrected chi connectivity index (χ4v) is 0.588. The van der Waals surface area contributed by atoms with E-state index < -0.39 is 0 Å². The molecule has 56 valence electrons. The van der Waals surface area contributed by atoms with Crippen molar-refractivity contribution in [1.82, 2.24) is 10.6 Å². The van der Waals surface area contributed by atoms with Gasteiger partial charge in [0.15, 0.2) is 0 Å². The Kier molecular flexibility index (Phi) is 4.55. The maximum Gasteiger partial charge on any atom is 0.0501 e. The largest absolute Gasteiger partial charge is 0.738 e. The molecule has 0 radical (unpaired) electrons. The van der Waals surface area contributed by atoms with Crippen molar-refractivity contribution in [2.45, 2.75) is 13.8 Å². The Labute approximate surface area is 54.3 Å². The minimum Gasteiger partial charge on any atom is -0.738 e. The van der Waals surface area contributed by atoms with Gasteiger partial charge in [0.2, 0.25) is 0 Å². The van der Waals surface area contributed by atoms with Crippen LogP contribution in [-0.4, -0.2) is 23.3 Å². The van der Waals surface area contributed by atoms with Crippen LogP contribution >= 0.6 is 0 Å². The summed E-state index contributed by atoms with van der Waals surface area (Å²) in [6.07, 6.45) is 0. The molecule has 0 aromatic rings. The Balaban J connectivity index is 3.50. The summed E-state index contributed by atoms with van der Waals surface area (Å²) in [6, 6.07) is 0. The molecule has 1 unspecified atom stereocenters. The van der Waals surface area contributed by atoms with Gasteiger partial charge in [0.25, 0.3) is 0 Å². The summed E-state index contributed by atoms with van der Waals surface area (Å²) in [6.45, 7) is 4.99. The number of nitrogens with zero attached hydrogens (tertiary/aromatic N) is 1. The molecule has 3 N–H and O–H groups in total.